The highest BCUT2D eigenvalue weighted by Crippen LogP contribution is 2.19. The van der Waals surface area contributed by atoms with Crippen molar-refractivity contribution in [1.82, 2.24) is 15.2 Å². The van der Waals surface area contributed by atoms with E-state index in [2.05, 4.69) is 20.5 Å². The monoisotopic (exact) mass is 266 g/mol. The summed E-state index contributed by atoms with van der Waals surface area (Å²) < 4.78 is 0. The molecule has 0 spiro atoms. The van der Waals surface area contributed by atoms with E-state index in [1.54, 1.807) is 12.1 Å². The molecule has 0 aliphatic heterocycles. The van der Waals surface area contributed by atoms with Gasteiger partial charge < -0.3 is 5.32 Å². The summed E-state index contributed by atoms with van der Waals surface area (Å²) in [5.74, 6) is 0.337. The van der Waals surface area contributed by atoms with Gasteiger partial charge in [-0.2, -0.15) is 5.10 Å². The number of fused-ring (bicyclic) bond motifs is 1. The van der Waals surface area contributed by atoms with E-state index in [1.165, 1.54) is 0 Å². The van der Waals surface area contributed by atoms with Crippen molar-refractivity contribution in [2.24, 2.45) is 0 Å². The molecule has 2 heterocycles. The van der Waals surface area contributed by atoms with Crippen molar-refractivity contribution in [2.75, 3.05) is 5.32 Å². The first-order valence-corrected chi connectivity index (χ1v) is 6.33. The minimum absolute atomic E-state index is 0.182. The van der Waals surface area contributed by atoms with Gasteiger partial charge in [0.25, 0.3) is 5.91 Å². The Kier molecular flexibility index (Phi) is 2.95. The highest BCUT2D eigenvalue weighted by molar-refractivity contribution is 6.12. The van der Waals surface area contributed by atoms with Crippen LogP contribution in [-0.2, 0) is 0 Å². The first-order valence-electron chi connectivity index (χ1n) is 6.33. The van der Waals surface area contributed by atoms with Crippen molar-refractivity contribution in [3.63, 3.8) is 0 Å². The molecule has 0 aliphatic rings. The summed E-state index contributed by atoms with van der Waals surface area (Å²) in [5.41, 5.74) is 3.13. The second kappa shape index (κ2) is 4.77. The van der Waals surface area contributed by atoms with Crippen molar-refractivity contribution < 1.29 is 4.79 Å². The molecule has 0 fully saturated rings. The molecule has 20 heavy (non-hydrogen) atoms. The number of carbonyl (C=O) groups is 1. The van der Waals surface area contributed by atoms with E-state index in [9.17, 15) is 4.79 Å². The van der Waals surface area contributed by atoms with Gasteiger partial charge in [-0.05, 0) is 26.0 Å². The molecule has 0 unspecified atom stereocenters. The molecule has 3 aromatic rings. The van der Waals surface area contributed by atoms with Gasteiger partial charge in [-0.1, -0.05) is 18.2 Å². The lowest BCUT2D eigenvalue weighted by molar-refractivity contribution is 0.102. The molecule has 2 N–H and O–H groups in total. The van der Waals surface area contributed by atoms with Crippen LogP contribution in [0, 0.1) is 13.8 Å². The number of H-pyrrole nitrogens is 1. The van der Waals surface area contributed by atoms with Crippen molar-refractivity contribution in [3.05, 3.63) is 53.3 Å². The van der Waals surface area contributed by atoms with Crippen LogP contribution in [0.5, 0.6) is 0 Å². The smallest absolute Gasteiger partial charge is 0.257 e. The number of para-hydroxylation sites is 1. The fraction of sp³-hybridized carbons (Fsp3) is 0.133. The Morgan fingerprint density at radius 1 is 1.20 bits per heavy atom. The van der Waals surface area contributed by atoms with Crippen LogP contribution >= 0.6 is 0 Å². The molecule has 3 rings (SSSR count). The molecule has 1 aromatic carbocycles. The van der Waals surface area contributed by atoms with Crippen LogP contribution in [0.15, 0.2) is 36.4 Å². The van der Waals surface area contributed by atoms with Crippen LogP contribution in [0.2, 0.25) is 0 Å². The molecule has 0 saturated carbocycles. The highest BCUT2D eigenvalue weighted by Gasteiger charge is 2.13. The number of aromatic amines is 1. The highest BCUT2D eigenvalue weighted by atomic mass is 16.1. The summed E-state index contributed by atoms with van der Waals surface area (Å²) in [7, 11) is 0. The van der Waals surface area contributed by atoms with Gasteiger partial charge in [0.15, 0.2) is 5.82 Å². The third-order valence-electron chi connectivity index (χ3n) is 3.04. The van der Waals surface area contributed by atoms with Crippen molar-refractivity contribution >= 4 is 22.6 Å². The predicted octanol–water partition coefficient (Wildman–Crippen LogP) is 2.83. The van der Waals surface area contributed by atoms with Crippen LogP contribution in [-0.4, -0.2) is 21.1 Å². The van der Waals surface area contributed by atoms with Crippen LogP contribution in [0.3, 0.4) is 0 Å². The van der Waals surface area contributed by atoms with Crippen LogP contribution in [0.1, 0.15) is 21.7 Å². The largest absolute Gasteiger partial charge is 0.305 e. The van der Waals surface area contributed by atoms with Crippen LogP contribution in [0.4, 0.5) is 5.82 Å². The summed E-state index contributed by atoms with van der Waals surface area (Å²) in [6, 6.07) is 11.2. The Bertz CT molecular complexity index is 791. The number of pyridine rings is 1. The number of hydrogen-bond acceptors (Lipinski definition) is 3. The van der Waals surface area contributed by atoms with Crippen molar-refractivity contribution in [2.45, 2.75) is 13.8 Å². The zero-order chi connectivity index (χ0) is 14.1. The summed E-state index contributed by atoms with van der Waals surface area (Å²) in [6.45, 7) is 3.76. The quantitative estimate of drug-likeness (QED) is 0.749. The molecule has 0 saturated heterocycles. The second-order valence-electron chi connectivity index (χ2n) is 4.72. The predicted molar refractivity (Wildman–Crippen MR) is 77.8 cm³/mol. The van der Waals surface area contributed by atoms with Gasteiger partial charge in [0.05, 0.1) is 11.1 Å². The van der Waals surface area contributed by atoms with Crippen molar-refractivity contribution in [1.29, 1.82) is 0 Å². The third kappa shape index (κ3) is 2.25. The van der Waals surface area contributed by atoms with E-state index in [0.717, 1.165) is 22.3 Å². The average Bonchev–Trinajstić information content (AvgIpc) is 2.83. The number of rotatable bonds is 2. The molecule has 5 heteroatoms. The summed E-state index contributed by atoms with van der Waals surface area (Å²) in [4.78, 5) is 16.8. The van der Waals surface area contributed by atoms with E-state index in [0.29, 0.717) is 11.4 Å². The van der Waals surface area contributed by atoms with E-state index >= 15 is 0 Å². The lowest BCUT2D eigenvalue weighted by Gasteiger charge is -2.07. The molecule has 0 atom stereocenters. The molecule has 1 amide bonds. The van der Waals surface area contributed by atoms with Crippen LogP contribution in [0.25, 0.3) is 10.9 Å². The maximum atomic E-state index is 12.4. The number of aromatic nitrogens is 3. The molecular weight excluding hydrogens is 252 g/mol. The van der Waals surface area contributed by atoms with Gasteiger partial charge >= 0.3 is 0 Å². The third-order valence-corrected chi connectivity index (χ3v) is 3.04. The van der Waals surface area contributed by atoms with E-state index in [1.807, 2.05) is 38.1 Å². The van der Waals surface area contributed by atoms with Gasteiger partial charge in [-0.3, -0.25) is 14.9 Å². The van der Waals surface area contributed by atoms with Crippen LogP contribution < -0.4 is 5.32 Å². The molecule has 100 valence electrons. The maximum absolute atomic E-state index is 12.4. The Balaban J connectivity index is 2.02. The molecular formula is C15H14N4O. The number of hydrogen-bond donors (Lipinski definition) is 2. The van der Waals surface area contributed by atoms with Gasteiger partial charge in [-0.25, -0.2) is 0 Å². The SMILES string of the molecule is Cc1cc(C(=O)Nc2cc(C)[nH]n2)c2ccccc2n1. The normalized spacial score (nSPS) is 10.7. The summed E-state index contributed by atoms with van der Waals surface area (Å²) >= 11 is 0. The zero-order valence-electron chi connectivity index (χ0n) is 11.3. The number of benzene rings is 1. The molecule has 0 radical (unpaired) electrons. The second-order valence-corrected chi connectivity index (χ2v) is 4.72. The van der Waals surface area contributed by atoms with Gasteiger partial charge in [0, 0.05) is 22.8 Å². The number of aryl methyl sites for hydroxylation is 2. The average molecular weight is 266 g/mol. The standard InChI is InChI=1S/C15H14N4O/c1-9-7-12(11-5-3-4-6-13(11)16-9)15(20)17-14-8-10(2)18-19-14/h3-8H,1-2H3,(H2,17,18,19,20). The maximum Gasteiger partial charge on any atom is 0.257 e. The Morgan fingerprint density at radius 3 is 2.75 bits per heavy atom. The molecule has 0 aliphatic carbocycles. The molecule has 0 bridgehead atoms. The number of nitrogens with zero attached hydrogens (tertiary/aromatic N) is 2. The first-order chi connectivity index (χ1) is 9.63. The topological polar surface area (TPSA) is 70.7 Å². The number of carbonyl (C=O) groups excluding carboxylic acids is 1. The fourth-order valence-corrected chi connectivity index (χ4v) is 2.16. The number of nitrogens with one attached hydrogen (secondary N) is 2. The van der Waals surface area contributed by atoms with E-state index in [4.69, 9.17) is 0 Å². The fourth-order valence-electron chi connectivity index (χ4n) is 2.16. The molecule has 2 aromatic heterocycles. The molecule has 5 nitrogen and oxygen atoms in total. The number of anilines is 1. The zero-order valence-corrected chi connectivity index (χ0v) is 11.3. The Morgan fingerprint density at radius 2 is 2.00 bits per heavy atom. The summed E-state index contributed by atoms with van der Waals surface area (Å²) in [6.07, 6.45) is 0. The lowest BCUT2D eigenvalue weighted by Crippen LogP contribution is -2.13. The Hall–Kier alpha value is -2.69. The number of amides is 1. The van der Waals surface area contributed by atoms with Gasteiger partial charge in [0.2, 0.25) is 0 Å². The minimum Gasteiger partial charge on any atom is -0.305 e. The minimum atomic E-state index is -0.182. The summed E-state index contributed by atoms with van der Waals surface area (Å²) in [5, 5.41) is 10.4. The lowest BCUT2D eigenvalue weighted by atomic mass is 10.1. The Labute approximate surface area is 116 Å². The van der Waals surface area contributed by atoms with Crippen molar-refractivity contribution in [3.8, 4) is 0 Å². The van der Waals surface area contributed by atoms with E-state index in [-0.39, 0.29) is 5.91 Å². The first kappa shape index (κ1) is 12.3. The van der Waals surface area contributed by atoms with Gasteiger partial charge in [0.1, 0.15) is 0 Å². The van der Waals surface area contributed by atoms with Gasteiger partial charge in [-0.15, -0.1) is 0 Å². The van der Waals surface area contributed by atoms with E-state index < -0.39 is 0 Å².